The zero-order chi connectivity index (χ0) is 17.3. The van der Waals surface area contributed by atoms with Crippen molar-refractivity contribution >= 4 is 11.8 Å². The predicted molar refractivity (Wildman–Crippen MR) is 98.8 cm³/mol. The first kappa shape index (κ1) is 20.1. The molecular weight excluding hydrogens is 310 g/mol. The van der Waals surface area contributed by atoms with E-state index in [1.165, 1.54) is 0 Å². The second-order valence-electron chi connectivity index (χ2n) is 6.81. The molecule has 1 unspecified atom stereocenters. The maximum Gasteiger partial charge on any atom is 0.119 e. The van der Waals surface area contributed by atoms with Crippen molar-refractivity contribution in [1.29, 1.82) is 0 Å². The molecule has 0 saturated heterocycles. The molecule has 0 radical (unpaired) electrons. The quantitative estimate of drug-likeness (QED) is 0.639. The average Bonchev–Trinajstić information content (AvgIpc) is 2.47. The summed E-state index contributed by atoms with van der Waals surface area (Å²) in [7, 11) is 0. The Kier molecular flexibility index (Phi) is 8.81. The summed E-state index contributed by atoms with van der Waals surface area (Å²) in [6.07, 6.45) is -0.511. The first-order valence-corrected chi connectivity index (χ1v) is 9.16. The fourth-order valence-electron chi connectivity index (χ4n) is 1.76. The standard InChI is InChI=1S/C18H31NO3S/c1-14(2)19-12-15(20)13-22-17-8-6-16(7-9-17)21-10-11-23-18(3,4)5/h6-9,14-15,19-20H,10-13H2,1-5H3. The lowest BCUT2D eigenvalue weighted by molar-refractivity contribution is 0.104. The van der Waals surface area contributed by atoms with E-state index in [0.29, 0.717) is 19.2 Å². The molecule has 2 N–H and O–H groups in total. The van der Waals surface area contributed by atoms with Gasteiger partial charge < -0.3 is 19.9 Å². The third-order valence-corrected chi connectivity index (χ3v) is 4.15. The van der Waals surface area contributed by atoms with Gasteiger partial charge in [0, 0.05) is 23.1 Å². The lowest BCUT2D eigenvalue weighted by Crippen LogP contribution is -2.35. The van der Waals surface area contributed by atoms with Crippen LogP contribution < -0.4 is 14.8 Å². The van der Waals surface area contributed by atoms with Gasteiger partial charge in [-0.1, -0.05) is 34.6 Å². The van der Waals surface area contributed by atoms with Gasteiger partial charge >= 0.3 is 0 Å². The van der Waals surface area contributed by atoms with Crippen molar-refractivity contribution in [2.24, 2.45) is 0 Å². The summed E-state index contributed by atoms with van der Waals surface area (Å²) in [6, 6.07) is 7.90. The highest BCUT2D eigenvalue weighted by Gasteiger charge is 2.10. The summed E-state index contributed by atoms with van der Waals surface area (Å²) in [5.41, 5.74) is 0. The first-order chi connectivity index (χ1) is 10.8. The Morgan fingerprint density at radius 3 is 2.17 bits per heavy atom. The van der Waals surface area contributed by atoms with E-state index in [4.69, 9.17) is 9.47 Å². The zero-order valence-corrected chi connectivity index (χ0v) is 15.8. The fraction of sp³-hybridized carbons (Fsp3) is 0.667. The van der Waals surface area contributed by atoms with Crippen molar-refractivity contribution in [3.63, 3.8) is 0 Å². The van der Waals surface area contributed by atoms with Crippen LogP contribution in [0.2, 0.25) is 0 Å². The van der Waals surface area contributed by atoms with Crippen molar-refractivity contribution < 1.29 is 14.6 Å². The number of hydrogen-bond donors (Lipinski definition) is 2. The van der Waals surface area contributed by atoms with Gasteiger partial charge in [0.25, 0.3) is 0 Å². The number of rotatable bonds is 10. The van der Waals surface area contributed by atoms with Crippen LogP contribution in [-0.4, -0.2) is 47.5 Å². The van der Waals surface area contributed by atoms with Crippen LogP contribution >= 0.6 is 11.8 Å². The van der Waals surface area contributed by atoms with E-state index < -0.39 is 6.10 Å². The Hall–Kier alpha value is -0.910. The zero-order valence-electron chi connectivity index (χ0n) is 15.0. The normalized spacial score (nSPS) is 13.2. The molecule has 1 rings (SSSR count). The van der Waals surface area contributed by atoms with Crippen molar-refractivity contribution in [3.05, 3.63) is 24.3 Å². The lowest BCUT2D eigenvalue weighted by Gasteiger charge is -2.17. The summed E-state index contributed by atoms with van der Waals surface area (Å²) in [6.45, 7) is 12.2. The van der Waals surface area contributed by atoms with E-state index >= 15 is 0 Å². The van der Waals surface area contributed by atoms with Crippen LogP contribution in [0.3, 0.4) is 0 Å². The second kappa shape index (κ2) is 10.1. The summed E-state index contributed by atoms with van der Waals surface area (Å²) >= 11 is 1.89. The largest absolute Gasteiger partial charge is 0.493 e. The Morgan fingerprint density at radius 2 is 1.65 bits per heavy atom. The van der Waals surface area contributed by atoms with Crippen LogP contribution in [0.4, 0.5) is 0 Å². The van der Waals surface area contributed by atoms with Gasteiger partial charge in [-0.05, 0) is 24.3 Å². The van der Waals surface area contributed by atoms with E-state index in [-0.39, 0.29) is 11.4 Å². The number of aliphatic hydroxyl groups is 1. The van der Waals surface area contributed by atoms with Gasteiger partial charge in [-0.25, -0.2) is 0 Å². The van der Waals surface area contributed by atoms with Crippen LogP contribution in [-0.2, 0) is 0 Å². The van der Waals surface area contributed by atoms with Gasteiger partial charge in [-0.15, -0.1) is 0 Å². The number of benzene rings is 1. The average molecular weight is 342 g/mol. The third kappa shape index (κ3) is 10.5. The van der Waals surface area contributed by atoms with Crippen molar-refractivity contribution in [3.8, 4) is 11.5 Å². The fourth-order valence-corrected chi connectivity index (χ4v) is 2.54. The number of hydrogen-bond acceptors (Lipinski definition) is 5. The summed E-state index contributed by atoms with van der Waals surface area (Å²) in [4.78, 5) is 0. The minimum Gasteiger partial charge on any atom is -0.493 e. The molecule has 5 heteroatoms. The van der Waals surface area contributed by atoms with Gasteiger partial charge in [0.2, 0.25) is 0 Å². The molecule has 1 aromatic carbocycles. The van der Waals surface area contributed by atoms with Crippen LogP contribution in [0.25, 0.3) is 0 Å². The Labute approximate surface area is 145 Å². The molecule has 4 nitrogen and oxygen atoms in total. The molecule has 0 aromatic heterocycles. The van der Waals surface area contributed by atoms with Gasteiger partial charge in [0.1, 0.15) is 24.2 Å². The van der Waals surface area contributed by atoms with Crippen LogP contribution in [0.1, 0.15) is 34.6 Å². The topological polar surface area (TPSA) is 50.7 Å². The van der Waals surface area contributed by atoms with Crippen LogP contribution in [0, 0.1) is 0 Å². The molecule has 0 amide bonds. The molecule has 0 aliphatic rings. The molecule has 0 saturated carbocycles. The molecule has 0 aliphatic heterocycles. The van der Waals surface area contributed by atoms with Crippen molar-refractivity contribution in [2.45, 2.75) is 51.5 Å². The van der Waals surface area contributed by atoms with Crippen LogP contribution in [0.15, 0.2) is 24.3 Å². The van der Waals surface area contributed by atoms with Gasteiger partial charge in [0.05, 0.1) is 6.61 Å². The summed E-state index contributed by atoms with van der Waals surface area (Å²) in [5, 5.41) is 13.0. The maximum atomic E-state index is 9.81. The van der Waals surface area contributed by atoms with E-state index in [2.05, 4.69) is 26.1 Å². The highest BCUT2D eigenvalue weighted by Crippen LogP contribution is 2.23. The van der Waals surface area contributed by atoms with Crippen molar-refractivity contribution in [2.75, 3.05) is 25.5 Å². The molecule has 0 heterocycles. The Morgan fingerprint density at radius 1 is 1.09 bits per heavy atom. The molecule has 1 aromatic rings. The number of aliphatic hydroxyl groups excluding tert-OH is 1. The molecule has 132 valence electrons. The third-order valence-electron chi connectivity index (χ3n) is 2.91. The molecular formula is C18H31NO3S. The lowest BCUT2D eigenvalue weighted by atomic mass is 10.3. The summed E-state index contributed by atoms with van der Waals surface area (Å²) < 4.78 is 11.6. The molecule has 0 spiro atoms. The van der Waals surface area contributed by atoms with Gasteiger partial charge in [-0.2, -0.15) is 11.8 Å². The number of nitrogens with one attached hydrogen (secondary N) is 1. The predicted octanol–water partition coefficient (Wildman–Crippen LogP) is 3.33. The van der Waals surface area contributed by atoms with Gasteiger partial charge in [-0.3, -0.25) is 0 Å². The maximum absolute atomic E-state index is 9.81. The SMILES string of the molecule is CC(C)NCC(O)COc1ccc(OCCSC(C)(C)C)cc1. The molecule has 1 atom stereocenters. The summed E-state index contributed by atoms with van der Waals surface area (Å²) in [5.74, 6) is 2.55. The highest BCUT2D eigenvalue weighted by atomic mass is 32.2. The Balaban J connectivity index is 2.25. The smallest absolute Gasteiger partial charge is 0.119 e. The Bertz CT molecular complexity index is 429. The monoisotopic (exact) mass is 341 g/mol. The molecule has 0 bridgehead atoms. The van der Waals surface area contributed by atoms with E-state index in [1.54, 1.807) is 0 Å². The number of ether oxygens (including phenoxy) is 2. The molecule has 23 heavy (non-hydrogen) atoms. The van der Waals surface area contributed by atoms with Crippen LogP contribution in [0.5, 0.6) is 11.5 Å². The van der Waals surface area contributed by atoms with E-state index in [9.17, 15) is 5.11 Å². The first-order valence-electron chi connectivity index (χ1n) is 8.17. The van der Waals surface area contributed by atoms with Crippen molar-refractivity contribution in [1.82, 2.24) is 5.32 Å². The second-order valence-corrected chi connectivity index (χ2v) is 8.73. The molecule has 0 fully saturated rings. The highest BCUT2D eigenvalue weighted by molar-refractivity contribution is 8.00. The van der Waals surface area contributed by atoms with E-state index in [1.807, 2.05) is 49.9 Å². The molecule has 0 aliphatic carbocycles. The van der Waals surface area contributed by atoms with E-state index in [0.717, 1.165) is 17.3 Å². The minimum absolute atomic E-state index is 0.270. The number of thioether (sulfide) groups is 1. The minimum atomic E-state index is -0.511. The van der Waals surface area contributed by atoms with Gasteiger partial charge in [0.15, 0.2) is 0 Å².